The zero-order valence-corrected chi connectivity index (χ0v) is 11.5. The molecule has 4 nitrogen and oxygen atoms in total. The lowest BCUT2D eigenvalue weighted by Crippen LogP contribution is -2.51. The molecule has 19 heavy (non-hydrogen) atoms. The maximum atomic E-state index is 6.08. The summed E-state index contributed by atoms with van der Waals surface area (Å²) in [6.45, 7) is 4.18. The van der Waals surface area contributed by atoms with Crippen LogP contribution < -0.4 is 0 Å². The predicted octanol–water partition coefficient (Wildman–Crippen LogP) is 2.50. The second-order valence-electron chi connectivity index (χ2n) is 5.25. The fourth-order valence-corrected chi connectivity index (χ4v) is 2.75. The van der Waals surface area contributed by atoms with E-state index in [0.717, 1.165) is 5.56 Å². The minimum Gasteiger partial charge on any atom is -0.353 e. The van der Waals surface area contributed by atoms with E-state index < -0.39 is 0 Å². The second-order valence-corrected chi connectivity index (χ2v) is 5.25. The van der Waals surface area contributed by atoms with Gasteiger partial charge in [0, 0.05) is 18.6 Å². The van der Waals surface area contributed by atoms with Gasteiger partial charge in [0.05, 0.1) is 12.2 Å². The highest BCUT2D eigenvalue weighted by atomic mass is 16.8. The number of benzene rings is 1. The summed E-state index contributed by atoms with van der Waals surface area (Å²) >= 11 is 0. The molecule has 1 unspecified atom stereocenters. The molecule has 0 bridgehead atoms. The molecule has 2 aliphatic heterocycles. The SMILES string of the molecule is CO[C@@H]1O[C@@H](C)[C@H](C)[C@H]2OC(c3ccccc3)O[C@@H]12. The van der Waals surface area contributed by atoms with Crippen LogP contribution in [0.5, 0.6) is 0 Å². The molecule has 4 heteroatoms. The molecule has 0 aromatic heterocycles. The molecule has 2 heterocycles. The minimum atomic E-state index is -0.357. The van der Waals surface area contributed by atoms with Crippen molar-refractivity contribution in [2.24, 2.45) is 5.92 Å². The molecule has 0 N–H and O–H groups in total. The Hall–Kier alpha value is -0.940. The van der Waals surface area contributed by atoms with E-state index in [1.807, 2.05) is 37.3 Å². The van der Waals surface area contributed by atoms with E-state index in [0.29, 0.717) is 0 Å². The summed E-state index contributed by atoms with van der Waals surface area (Å²) in [7, 11) is 1.64. The molecule has 3 rings (SSSR count). The topological polar surface area (TPSA) is 36.9 Å². The van der Waals surface area contributed by atoms with E-state index in [-0.39, 0.29) is 36.8 Å². The van der Waals surface area contributed by atoms with Crippen molar-refractivity contribution in [2.45, 2.75) is 44.7 Å². The molecule has 0 spiro atoms. The van der Waals surface area contributed by atoms with Crippen molar-refractivity contribution in [2.75, 3.05) is 7.11 Å². The molecule has 2 saturated heterocycles. The fourth-order valence-electron chi connectivity index (χ4n) is 2.75. The maximum absolute atomic E-state index is 6.08. The second kappa shape index (κ2) is 5.21. The quantitative estimate of drug-likeness (QED) is 0.822. The monoisotopic (exact) mass is 264 g/mol. The van der Waals surface area contributed by atoms with Gasteiger partial charge in [0.1, 0.15) is 6.10 Å². The van der Waals surface area contributed by atoms with E-state index >= 15 is 0 Å². The van der Waals surface area contributed by atoms with Crippen molar-refractivity contribution in [3.63, 3.8) is 0 Å². The van der Waals surface area contributed by atoms with Gasteiger partial charge in [-0.1, -0.05) is 37.3 Å². The molecule has 2 fully saturated rings. The van der Waals surface area contributed by atoms with Crippen LogP contribution in [0.25, 0.3) is 0 Å². The summed E-state index contributed by atoms with van der Waals surface area (Å²) in [5, 5.41) is 0. The molecule has 0 radical (unpaired) electrons. The van der Waals surface area contributed by atoms with Gasteiger partial charge in [0.25, 0.3) is 0 Å². The van der Waals surface area contributed by atoms with Crippen LogP contribution in [0.2, 0.25) is 0 Å². The third kappa shape index (κ3) is 2.30. The normalized spacial score (nSPS) is 42.1. The predicted molar refractivity (Wildman–Crippen MR) is 69.4 cm³/mol. The molecule has 6 atom stereocenters. The number of fused-ring (bicyclic) bond motifs is 1. The van der Waals surface area contributed by atoms with Crippen molar-refractivity contribution in [1.29, 1.82) is 0 Å². The first-order chi connectivity index (χ1) is 9.20. The average molecular weight is 264 g/mol. The third-order valence-corrected chi connectivity index (χ3v) is 4.06. The van der Waals surface area contributed by atoms with Crippen LogP contribution in [-0.2, 0) is 18.9 Å². The number of ether oxygens (including phenoxy) is 4. The summed E-state index contributed by atoms with van der Waals surface area (Å²) in [5.41, 5.74) is 1.03. The van der Waals surface area contributed by atoms with Crippen LogP contribution in [0.15, 0.2) is 30.3 Å². The van der Waals surface area contributed by atoms with Gasteiger partial charge < -0.3 is 18.9 Å². The van der Waals surface area contributed by atoms with Gasteiger partial charge in [0.2, 0.25) is 0 Å². The van der Waals surface area contributed by atoms with Gasteiger partial charge in [-0.2, -0.15) is 0 Å². The first-order valence-electron chi connectivity index (χ1n) is 6.75. The van der Waals surface area contributed by atoms with Crippen molar-refractivity contribution in [3.05, 3.63) is 35.9 Å². The molecule has 0 aliphatic carbocycles. The molecule has 1 aromatic rings. The molecule has 104 valence electrons. The van der Waals surface area contributed by atoms with Crippen LogP contribution in [0.3, 0.4) is 0 Å². The standard InChI is InChI=1S/C15H20O4/c1-9-10(2)17-15(16-3)13-12(9)18-14(19-13)11-7-5-4-6-8-11/h4-10,12-15H,1-3H3/t9-,10-,12+,13+,14?,15+/m0/s1. The van der Waals surface area contributed by atoms with Crippen molar-refractivity contribution < 1.29 is 18.9 Å². The lowest BCUT2D eigenvalue weighted by molar-refractivity contribution is -0.247. The van der Waals surface area contributed by atoms with Gasteiger partial charge in [0.15, 0.2) is 12.6 Å². The number of methoxy groups -OCH3 is 1. The van der Waals surface area contributed by atoms with Crippen molar-refractivity contribution in [1.82, 2.24) is 0 Å². The Balaban J connectivity index is 1.81. The summed E-state index contributed by atoms with van der Waals surface area (Å²) in [5.74, 6) is 0.283. The zero-order valence-electron chi connectivity index (χ0n) is 11.5. The number of rotatable bonds is 2. The Morgan fingerprint density at radius 1 is 0.947 bits per heavy atom. The first-order valence-corrected chi connectivity index (χ1v) is 6.75. The Bertz CT molecular complexity index is 415. The summed E-state index contributed by atoms with van der Waals surface area (Å²) in [4.78, 5) is 0. The van der Waals surface area contributed by atoms with Crippen LogP contribution in [0, 0.1) is 5.92 Å². The number of hydrogen-bond donors (Lipinski definition) is 0. The lowest BCUT2D eigenvalue weighted by Gasteiger charge is -2.38. The lowest BCUT2D eigenvalue weighted by atomic mass is 9.92. The van der Waals surface area contributed by atoms with Crippen molar-refractivity contribution >= 4 is 0 Å². The summed E-state index contributed by atoms with van der Waals surface area (Å²) in [6, 6.07) is 9.98. The zero-order chi connectivity index (χ0) is 13.4. The van der Waals surface area contributed by atoms with Crippen molar-refractivity contribution in [3.8, 4) is 0 Å². The Labute approximate surface area is 113 Å². The number of hydrogen-bond acceptors (Lipinski definition) is 4. The summed E-state index contributed by atoms with van der Waals surface area (Å²) < 4.78 is 23.3. The van der Waals surface area contributed by atoms with Gasteiger partial charge in [-0.05, 0) is 6.92 Å². The Morgan fingerprint density at radius 2 is 1.63 bits per heavy atom. The molecule has 0 amide bonds. The Kier molecular flexibility index (Phi) is 3.58. The third-order valence-electron chi connectivity index (χ3n) is 4.06. The highest BCUT2D eigenvalue weighted by Gasteiger charge is 2.50. The highest BCUT2D eigenvalue weighted by molar-refractivity contribution is 5.17. The molecular formula is C15H20O4. The molecule has 2 aliphatic rings. The minimum absolute atomic E-state index is 0.0129. The van der Waals surface area contributed by atoms with E-state index in [1.54, 1.807) is 7.11 Å². The van der Waals surface area contributed by atoms with Gasteiger partial charge in [-0.3, -0.25) is 0 Å². The molecule has 0 saturated carbocycles. The fraction of sp³-hybridized carbons (Fsp3) is 0.600. The van der Waals surface area contributed by atoms with Crippen LogP contribution in [-0.4, -0.2) is 31.7 Å². The Morgan fingerprint density at radius 3 is 2.32 bits per heavy atom. The smallest absolute Gasteiger partial charge is 0.186 e. The van der Waals surface area contributed by atoms with Crippen LogP contribution in [0.1, 0.15) is 25.7 Å². The largest absolute Gasteiger partial charge is 0.353 e. The molecule has 1 aromatic carbocycles. The van der Waals surface area contributed by atoms with E-state index in [2.05, 4.69) is 6.92 Å². The van der Waals surface area contributed by atoms with Gasteiger partial charge in [-0.15, -0.1) is 0 Å². The van der Waals surface area contributed by atoms with Gasteiger partial charge in [-0.25, -0.2) is 0 Å². The first kappa shape index (κ1) is 13.1. The maximum Gasteiger partial charge on any atom is 0.186 e. The molecular weight excluding hydrogens is 244 g/mol. The van der Waals surface area contributed by atoms with E-state index in [1.165, 1.54) is 0 Å². The van der Waals surface area contributed by atoms with Gasteiger partial charge >= 0.3 is 0 Å². The van der Waals surface area contributed by atoms with Crippen LogP contribution in [0.4, 0.5) is 0 Å². The van der Waals surface area contributed by atoms with E-state index in [9.17, 15) is 0 Å². The van der Waals surface area contributed by atoms with Crippen LogP contribution >= 0.6 is 0 Å². The average Bonchev–Trinajstić information content (AvgIpc) is 2.89. The summed E-state index contributed by atoms with van der Waals surface area (Å²) in [6.07, 6.45) is -0.736. The van der Waals surface area contributed by atoms with E-state index in [4.69, 9.17) is 18.9 Å². The highest BCUT2D eigenvalue weighted by Crippen LogP contribution is 2.41.